The lowest BCUT2D eigenvalue weighted by Gasteiger charge is -2.13. The van der Waals surface area contributed by atoms with Crippen molar-refractivity contribution in [3.63, 3.8) is 0 Å². The van der Waals surface area contributed by atoms with E-state index in [1.165, 1.54) is 6.07 Å². The molecule has 0 aromatic heterocycles. The van der Waals surface area contributed by atoms with Crippen LogP contribution in [0.4, 0.5) is 0 Å². The van der Waals surface area contributed by atoms with Crippen LogP contribution in [0, 0.1) is 0 Å². The number of carbonyl (C=O) groups is 1. The number of ether oxygens (including phenoxy) is 2. The molecule has 0 heterocycles. The first-order chi connectivity index (χ1) is 9.54. The van der Waals surface area contributed by atoms with Crippen LogP contribution in [0.5, 0.6) is 11.5 Å². The maximum absolute atomic E-state index is 11.2. The van der Waals surface area contributed by atoms with Crippen molar-refractivity contribution >= 4 is 5.97 Å². The van der Waals surface area contributed by atoms with E-state index in [9.17, 15) is 4.79 Å². The third-order valence-corrected chi connectivity index (χ3v) is 2.66. The summed E-state index contributed by atoms with van der Waals surface area (Å²) in [6.07, 6.45) is 1.74. The molecular weight excluding hydrogens is 258 g/mol. The Kier molecular flexibility index (Phi) is 6.87. The molecule has 5 heteroatoms. The van der Waals surface area contributed by atoms with Gasteiger partial charge in [0.25, 0.3) is 0 Å². The molecule has 20 heavy (non-hydrogen) atoms. The Balaban J connectivity index is 2.70. The molecule has 1 rings (SSSR count). The highest BCUT2D eigenvalue weighted by Gasteiger charge is 2.12. The van der Waals surface area contributed by atoms with Gasteiger partial charge in [-0.1, -0.05) is 6.92 Å². The molecule has 0 radical (unpaired) electrons. The Hall–Kier alpha value is -1.75. The van der Waals surface area contributed by atoms with Crippen LogP contribution in [0.25, 0.3) is 0 Å². The second-order valence-corrected chi connectivity index (χ2v) is 4.82. The van der Waals surface area contributed by atoms with Crippen LogP contribution in [0.1, 0.15) is 30.1 Å². The second-order valence-electron chi connectivity index (χ2n) is 4.82. The highest BCUT2D eigenvalue weighted by atomic mass is 16.5. The predicted molar refractivity (Wildman–Crippen MR) is 77.9 cm³/mol. The highest BCUT2D eigenvalue weighted by molar-refractivity contribution is 5.91. The van der Waals surface area contributed by atoms with E-state index in [0.717, 1.165) is 19.4 Å². The summed E-state index contributed by atoms with van der Waals surface area (Å²) in [5.74, 6) is 0.0129. The van der Waals surface area contributed by atoms with Crippen molar-refractivity contribution < 1.29 is 19.4 Å². The topological polar surface area (TPSA) is 59.0 Å². The summed E-state index contributed by atoms with van der Waals surface area (Å²) in [4.78, 5) is 13.2. The molecule has 0 bridgehead atoms. The van der Waals surface area contributed by atoms with Gasteiger partial charge in [-0.05, 0) is 39.1 Å². The number of carboxylic acids is 1. The quantitative estimate of drug-likeness (QED) is 0.705. The number of aromatic carboxylic acids is 1. The molecule has 0 saturated heterocycles. The average Bonchev–Trinajstić information content (AvgIpc) is 2.41. The largest absolute Gasteiger partial charge is 0.493 e. The summed E-state index contributed by atoms with van der Waals surface area (Å²) < 4.78 is 11.1. The molecule has 112 valence electrons. The third kappa shape index (κ3) is 5.48. The van der Waals surface area contributed by atoms with Gasteiger partial charge in [-0.15, -0.1) is 0 Å². The molecule has 1 aromatic carbocycles. The average molecular weight is 281 g/mol. The molecule has 0 atom stereocenters. The summed E-state index contributed by atoms with van der Waals surface area (Å²) in [6.45, 7) is 4.00. The molecule has 0 aliphatic carbocycles. The molecule has 0 saturated carbocycles. The van der Waals surface area contributed by atoms with Crippen molar-refractivity contribution in [2.75, 3.05) is 33.9 Å². The molecule has 0 spiro atoms. The van der Waals surface area contributed by atoms with Crippen molar-refractivity contribution in [3.8, 4) is 11.5 Å². The third-order valence-electron chi connectivity index (χ3n) is 2.66. The first kappa shape index (κ1) is 16.3. The minimum Gasteiger partial charge on any atom is -0.493 e. The Bertz CT molecular complexity index is 432. The van der Waals surface area contributed by atoms with E-state index in [1.54, 1.807) is 12.1 Å². The van der Waals surface area contributed by atoms with Crippen LogP contribution in [0.15, 0.2) is 18.2 Å². The molecule has 5 nitrogen and oxygen atoms in total. The van der Waals surface area contributed by atoms with Crippen LogP contribution >= 0.6 is 0 Å². The normalized spacial score (nSPS) is 10.6. The van der Waals surface area contributed by atoms with Crippen molar-refractivity contribution in [1.82, 2.24) is 4.90 Å². The molecule has 0 aliphatic heterocycles. The molecule has 1 N–H and O–H groups in total. The lowest BCUT2D eigenvalue weighted by atomic mass is 10.2. The Morgan fingerprint density at radius 2 is 2.00 bits per heavy atom. The van der Waals surface area contributed by atoms with E-state index in [4.69, 9.17) is 14.6 Å². The Morgan fingerprint density at radius 3 is 2.60 bits per heavy atom. The lowest BCUT2D eigenvalue weighted by Crippen LogP contribution is -2.16. The van der Waals surface area contributed by atoms with Crippen LogP contribution in [-0.2, 0) is 0 Å². The number of hydrogen-bond donors (Lipinski definition) is 1. The maximum Gasteiger partial charge on any atom is 0.339 e. The fourth-order valence-electron chi connectivity index (χ4n) is 1.67. The first-order valence-corrected chi connectivity index (χ1v) is 6.82. The first-order valence-electron chi connectivity index (χ1n) is 6.82. The van der Waals surface area contributed by atoms with Gasteiger partial charge in [0, 0.05) is 12.6 Å². The highest BCUT2D eigenvalue weighted by Crippen LogP contribution is 2.25. The molecule has 0 amide bonds. The SMILES string of the molecule is CCCOc1ccc(C(=O)O)c(OCCCN(C)C)c1. The summed E-state index contributed by atoms with van der Waals surface area (Å²) >= 11 is 0. The summed E-state index contributed by atoms with van der Waals surface area (Å²) in [7, 11) is 3.98. The van der Waals surface area contributed by atoms with Gasteiger partial charge >= 0.3 is 5.97 Å². The van der Waals surface area contributed by atoms with Gasteiger partial charge in [-0.2, -0.15) is 0 Å². The van der Waals surface area contributed by atoms with Gasteiger partial charge in [0.05, 0.1) is 13.2 Å². The van der Waals surface area contributed by atoms with Crippen molar-refractivity contribution in [1.29, 1.82) is 0 Å². The molecule has 0 aliphatic rings. The number of rotatable bonds is 9. The van der Waals surface area contributed by atoms with Crippen LogP contribution in [0.3, 0.4) is 0 Å². The lowest BCUT2D eigenvalue weighted by molar-refractivity contribution is 0.0692. The van der Waals surface area contributed by atoms with Gasteiger partial charge in [0.2, 0.25) is 0 Å². The summed E-state index contributed by atoms with van der Waals surface area (Å²) in [6, 6.07) is 4.83. The minimum atomic E-state index is -0.991. The van der Waals surface area contributed by atoms with E-state index >= 15 is 0 Å². The molecular formula is C15H23NO4. The zero-order valence-electron chi connectivity index (χ0n) is 12.4. The van der Waals surface area contributed by atoms with E-state index in [0.29, 0.717) is 24.7 Å². The van der Waals surface area contributed by atoms with Gasteiger partial charge < -0.3 is 19.5 Å². The Labute approximate surface area is 120 Å². The zero-order valence-corrected chi connectivity index (χ0v) is 12.4. The summed E-state index contributed by atoms with van der Waals surface area (Å²) in [5.41, 5.74) is 0.165. The van der Waals surface area contributed by atoms with Crippen LogP contribution in [-0.4, -0.2) is 49.8 Å². The zero-order chi connectivity index (χ0) is 15.0. The molecule has 1 aromatic rings. The molecule has 0 unspecified atom stereocenters. The van der Waals surface area contributed by atoms with Crippen molar-refractivity contribution in [2.24, 2.45) is 0 Å². The fraction of sp³-hybridized carbons (Fsp3) is 0.533. The van der Waals surface area contributed by atoms with Crippen molar-refractivity contribution in [2.45, 2.75) is 19.8 Å². The predicted octanol–water partition coefficient (Wildman–Crippen LogP) is 2.50. The number of hydrogen-bond acceptors (Lipinski definition) is 4. The maximum atomic E-state index is 11.2. The number of benzene rings is 1. The van der Waals surface area contributed by atoms with Crippen LogP contribution in [0.2, 0.25) is 0 Å². The fourth-order valence-corrected chi connectivity index (χ4v) is 1.67. The smallest absolute Gasteiger partial charge is 0.339 e. The van der Waals surface area contributed by atoms with Gasteiger partial charge in [-0.3, -0.25) is 0 Å². The standard InChI is InChI=1S/C15H23NO4/c1-4-9-19-12-6-7-13(15(17)18)14(11-12)20-10-5-8-16(2)3/h6-7,11H,4-5,8-10H2,1-3H3,(H,17,18). The van der Waals surface area contributed by atoms with E-state index in [1.807, 2.05) is 21.0 Å². The number of carboxylic acid groups (broad SMARTS) is 1. The van der Waals surface area contributed by atoms with Gasteiger partial charge in [-0.25, -0.2) is 4.79 Å². The monoisotopic (exact) mass is 281 g/mol. The van der Waals surface area contributed by atoms with E-state index in [-0.39, 0.29) is 5.56 Å². The Morgan fingerprint density at radius 1 is 1.25 bits per heavy atom. The van der Waals surface area contributed by atoms with Crippen molar-refractivity contribution in [3.05, 3.63) is 23.8 Å². The molecule has 0 fully saturated rings. The van der Waals surface area contributed by atoms with E-state index < -0.39 is 5.97 Å². The summed E-state index contributed by atoms with van der Waals surface area (Å²) in [5, 5.41) is 9.15. The van der Waals surface area contributed by atoms with Gasteiger partial charge in [0.1, 0.15) is 17.1 Å². The van der Waals surface area contributed by atoms with Crippen LogP contribution < -0.4 is 9.47 Å². The van der Waals surface area contributed by atoms with E-state index in [2.05, 4.69) is 4.90 Å². The minimum absolute atomic E-state index is 0.165. The van der Waals surface area contributed by atoms with Gasteiger partial charge in [0.15, 0.2) is 0 Å². The number of nitrogens with zero attached hydrogens (tertiary/aromatic N) is 1. The second kappa shape index (κ2) is 8.43.